The van der Waals surface area contributed by atoms with Gasteiger partial charge in [-0.05, 0) is 6.07 Å². The fourth-order valence-electron chi connectivity index (χ4n) is 2.14. The fourth-order valence-corrected chi connectivity index (χ4v) is 2.14. The Morgan fingerprint density at radius 3 is 2.44 bits per heavy atom. The summed E-state index contributed by atoms with van der Waals surface area (Å²) in [5.41, 5.74) is 2.17. The fraction of sp³-hybridized carbons (Fsp3) is 0.0714. The first kappa shape index (κ1) is 17.4. The van der Waals surface area contributed by atoms with E-state index in [1.165, 1.54) is 6.07 Å². The third-order valence-corrected chi connectivity index (χ3v) is 3.13. The molecule has 2 aromatic rings. The van der Waals surface area contributed by atoms with Crippen molar-refractivity contribution in [2.45, 2.75) is 6.61 Å². The Kier molecular flexibility index (Phi) is 4.61. The van der Waals surface area contributed by atoms with Crippen LogP contribution in [-0.4, -0.2) is 16.5 Å². The zero-order valence-electron chi connectivity index (χ0n) is 12.1. The number of rotatable bonds is 4. The van der Waals surface area contributed by atoms with Crippen LogP contribution in [0.1, 0.15) is 11.1 Å². The minimum absolute atomic E-state index is 0.402. The number of benzene rings is 1. The molecule has 0 bridgehead atoms. The van der Waals surface area contributed by atoms with E-state index in [-0.39, 0.29) is 0 Å². The van der Waals surface area contributed by atoms with E-state index in [1.54, 1.807) is 6.07 Å². The van der Waals surface area contributed by atoms with Gasteiger partial charge in [-0.2, -0.15) is 19.3 Å². The smallest absolute Gasteiger partial charge is 0.387 e. The van der Waals surface area contributed by atoms with Crippen LogP contribution in [0.25, 0.3) is 11.1 Å². The number of halogens is 2. The Hall–Kier alpha value is -3.99. The molecule has 0 spiro atoms. The number of nitrogens with zero attached hydrogens (tertiary/aromatic N) is 3. The Labute approximate surface area is 137 Å². The molecule has 9 nitrogen and oxygen atoms in total. The number of nitro groups is 1. The summed E-state index contributed by atoms with van der Waals surface area (Å²) < 4.78 is 29.5. The Morgan fingerprint density at radius 1 is 1.28 bits per heavy atom. The van der Waals surface area contributed by atoms with Gasteiger partial charge in [0.25, 0.3) is 11.2 Å². The molecule has 1 heterocycles. The lowest BCUT2D eigenvalue weighted by Crippen LogP contribution is -2.17. The van der Waals surface area contributed by atoms with Crippen LogP contribution in [0.4, 0.5) is 20.3 Å². The summed E-state index contributed by atoms with van der Waals surface area (Å²) in [6, 6.07) is 5.75. The standard InChI is InChI=1S/C14H7F2N5O4/c15-14(16)25-10-2-1-6(21(23)24)3-7(10)11-8(4-17)12(19)20-13(22)9(11)5-18/h1-3,14H,(H3,19,20,22). The number of hydrogen-bond donors (Lipinski definition) is 2. The van der Waals surface area contributed by atoms with E-state index in [2.05, 4.69) is 9.72 Å². The van der Waals surface area contributed by atoms with Gasteiger partial charge in [0, 0.05) is 23.3 Å². The van der Waals surface area contributed by atoms with Crippen molar-refractivity contribution >= 4 is 11.5 Å². The predicted molar refractivity (Wildman–Crippen MR) is 79.6 cm³/mol. The highest BCUT2D eigenvalue weighted by atomic mass is 19.3. The van der Waals surface area contributed by atoms with Crippen molar-refractivity contribution in [1.82, 2.24) is 4.98 Å². The van der Waals surface area contributed by atoms with E-state index in [0.29, 0.717) is 0 Å². The van der Waals surface area contributed by atoms with Crippen molar-refractivity contribution in [2.24, 2.45) is 0 Å². The molecule has 1 aromatic carbocycles. The summed E-state index contributed by atoms with van der Waals surface area (Å²) >= 11 is 0. The lowest BCUT2D eigenvalue weighted by molar-refractivity contribution is -0.384. The first-order chi connectivity index (χ1) is 11.8. The number of pyridine rings is 1. The second-order valence-corrected chi connectivity index (χ2v) is 4.53. The van der Waals surface area contributed by atoms with E-state index in [4.69, 9.17) is 5.73 Å². The molecule has 2 rings (SSSR count). The van der Waals surface area contributed by atoms with Crippen molar-refractivity contribution in [2.75, 3.05) is 5.73 Å². The quantitative estimate of drug-likeness (QED) is 0.630. The van der Waals surface area contributed by atoms with Crippen LogP contribution in [0.15, 0.2) is 23.0 Å². The zero-order valence-corrected chi connectivity index (χ0v) is 12.1. The predicted octanol–water partition coefficient (Wildman–Crippen LogP) is 1.88. The number of anilines is 1. The second-order valence-electron chi connectivity index (χ2n) is 4.53. The summed E-state index contributed by atoms with van der Waals surface area (Å²) in [6.07, 6.45) is 0. The lowest BCUT2D eigenvalue weighted by Gasteiger charge is -2.13. The number of non-ortho nitro benzene ring substituents is 1. The summed E-state index contributed by atoms with van der Waals surface area (Å²) in [5.74, 6) is -0.977. The van der Waals surface area contributed by atoms with Crippen LogP contribution < -0.4 is 16.0 Å². The molecule has 11 heteroatoms. The lowest BCUT2D eigenvalue weighted by atomic mass is 9.95. The van der Waals surface area contributed by atoms with E-state index < -0.39 is 56.6 Å². The van der Waals surface area contributed by atoms with Crippen molar-refractivity contribution in [3.63, 3.8) is 0 Å². The van der Waals surface area contributed by atoms with Crippen LogP contribution >= 0.6 is 0 Å². The zero-order chi connectivity index (χ0) is 18.7. The number of alkyl halides is 2. The molecule has 3 N–H and O–H groups in total. The highest BCUT2D eigenvalue weighted by Crippen LogP contribution is 2.38. The third kappa shape index (κ3) is 3.20. The van der Waals surface area contributed by atoms with Gasteiger partial charge in [-0.15, -0.1) is 0 Å². The summed E-state index contributed by atoms with van der Waals surface area (Å²) in [4.78, 5) is 24.1. The molecule has 126 valence electrons. The maximum absolute atomic E-state index is 12.6. The molecule has 0 fully saturated rings. The molecule has 0 aliphatic rings. The summed E-state index contributed by atoms with van der Waals surface area (Å²) in [5, 5.41) is 29.4. The number of aromatic amines is 1. The van der Waals surface area contributed by atoms with E-state index in [0.717, 1.165) is 18.2 Å². The summed E-state index contributed by atoms with van der Waals surface area (Å²) in [7, 11) is 0. The van der Waals surface area contributed by atoms with Gasteiger partial charge < -0.3 is 15.5 Å². The minimum Gasteiger partial charge on any atom is -0.434 e. The number of H-pyrrole nitrogens is 1. The minimum atomic E-state index is -3.28. The Balaban J connectivity index is 2.97. The summed E-state index contributed by atoms with van der Waals surface area (Å²) in [6.45, 7) is -3.28. The number of nitro benzene ring substituents is 1. The third-order valence-electron chi connectivity index (χ3n) is 3.13. The van der Waals surface area contributed by atoms with Crippen LogP contribution in [0, 0.1) is 32.8 Å². The number of nitrogens with one attached hydrogen (secondary N) is 1. The maximum Gasteiger partial charge on any atom is 0.387 e. The van der Waals surface area contributed by atoms with Gasteiger partial charge in [0.2, 0.25) is 0 Å². The Morgan fingerprint density at radius 2 is 1.92 bits per heavy atom. The SMILES string of the molecule is N#Cc1c(N)[nH]c(=O)c(C#N)c1-c1cc([N+](=O)[O-])ccc1OC(F)F. The molecule has 0 unspecified atom stereocenters. The van der Waals surface area contributed by atoms with E-state index >= 15 is 0 Å². The van der Waals surface area contributed by atoms with Crippen molar-refractivity contribution in [3.05, 3.63) is 49.8 Å². The molecule has 0 saturated heterocycles. The largest absolute Gasteiger partial charge is 0.434 e. The van der Waals surface area contributed by atoms with Gasteiger partial charge in [0.05, 0.1) is 4.92 Å². The highest BCUT2D eigenvalue weighted by Gasteiger charge is 2.24. The molecule has 1 aromatic heterocycles. The van der Waals surface area contributed by atoms with Gasteiger partial charge in [-0.3, -0.25) is 14.9 Å². The molecule has 0 radical (unpaired) electrons. The number of nitrogens with two attached hydrogens (primary N) is 1. The van der Waals surface area contributed by atoms with Crippen molar-refractivity contribution in [1.29, 1.82) is 10.5 Å². The van der Waals surface area contributed by atoms with E-state index in [1.807, 2.05) is 0 Å². The normalized spacial score (nSPS) is 10.1. The highest BCUT2D eigenvalue weighted by molar-refractivity contribution is 5.84. The molecule has 0 aliphatic heterocycles. The van der Waals surface area contributed by atoms with Crippen LogP contribution in [0.3, 0.4) is 0 Å². The number of nitrogen functional groups attached to an aromatic ring is 1. The van der Waals surface area contributed by atoms with Gasteiger partial charge in [-0.25, -0.2) is 0 Å². The number of ether oxygens (including phenoxy) is 1. The average Bonchev–Trinajstić information content (AvgIpc) is 2.54. The average molecular weight is 347 g/mol. The molecular weight excluding hydrogens is 340 g/mol. The number of hydrogen-bond acceptors (Lipinski definition) is 7. The van der Waals surface area contributed by atoms with Gasteiger partial charge in [0.15, 0.2) is 0 Å². The molecule has 0 atom stereocenters. The topological polar surface area (TPSA) is 159 Å². The molecule has 0 aliphatic carbocycles. The molecular formula is C14H7F2N5O4. The molecule has 25 heavy (non-hydrogen) atoms. The first-order valence-corrected chi connectivity index (χ1v) is 6.39. The van der Waals surface area contributed by atoms with Crippen molar-refractivity contribution in [3.8, 4) is 29.0 Å². The van der Waals surface area contributed by atoms with Gasteiger partial charge >= 0.3 is 6.61 Å². The van der Waals surface area contributed by atoms with Gasteiger partial charge in [-0.1, -0.05) is 0 Å². The molecule has 0 saturated carbocycles. The van der Waals surface area contributed by atoms with Crippen LogP contribution in [0.5, 0.6) is 5.75 Å². The maximum atomic E-state index is 12.6. The Bertz CT molecular complexity index is 1000. The van der Waals surface area contributed by atoms with Gasteiger partial charge in [0.1, 0.15) is 34.8 Å². The number of nitriles is 2. The van der Waals surface area contributed by atoms with Crippen LogP contribution in [0.2, 0.25) is 0 Å². The van der Waals surface area contributed by atoms with E-state index in [9.17, 15) is 34.2 Å². The van der Waals surface area contributed by atoms with Crippen LogP contribution in [-0.2, 0) is 0 Å². The first-order valence-electron chi connectivity index (χ1n) is 6.39. The molecule has 0 amide bonds. The van der Waals surface area contributed by atoms with Crippen molar-refractivity contribution < 1.29 is 18.4 Å². The number of aromatic nitrogens is 1. The monoisotopic (exact) mass is 347 g/mol. The second kappa shape index (κ2) is 6.64.